The number of imidazole rings is 1. The molecule has 1 unspecified atom stereocenters. The van der Waals surface area contributed by atoms with Gasteiger partial charge in [-0.15, -0.1) is 36.6 Å². The summed E-state index contributed by atoms with van der Waals surface area (Å²) in [5, 5.41) is 0. The van der Waals surface area contributed by atoms with Crippen LogP contribution >= 0.6 is 36.6 Å². The molecule has 3 heterocycles. The van der Waals surface area contributed by atoms with Crippen molar-refractivity contribution in [1.29, 1.82) is 0 Å². The molecule has 1 saturated heterocycles. The van der Waals surface area contributed by atoms with Gasteiger partial charge in [0.2, 0.25) is 0 Å². The SMILES string of the molecule is CC(N)C1CCN(C(=O)c2ccc(SCc3cn4ccccc4n3)cc2)CC1.Cl.Cl. The summed E-state index contributed by atoms with van der Waals surface area (Å²) < 4.78 is 2.03. The van der Waals surface area contributed by atoms with Gasteiger partial charge in [0.15, 0.2) is 0 Å². The van der Waals surface area contributed by atoms with E-state index >= 15 is 0 Å². The van der Waals surface area contributed by atoms with E-state index in [-0.39, 0.29) is 36.8 Å². The molecule has 1 aliphatic rings. The number of benzene rings is 1. The third-order valence-corrected chi connectivity index (χ3v) is 6.52. The number of aromatic nitrogens is 2. The molecule has 1 aliphatic heterocycles. The quantitative estimate of drug-likeness (QED) is 0.554. The highest BCUT2D eigenvalue weighted by molar-refractivity contribution is 7.98. The van der Waals surface area contributed by atoms with Gasteiger partial charge in [-0.1, -0.05) is 6.07 Å². The zero-order chi connectivity index (χ0) is 19.5. The minimum absolute atomic E-state index is 0. The van der Waals surface area contributed by atoms with Crippen molar-refractivity contribution in [3.8, 4) is 0 Å². The van der Waals surface area contributed by atoms with Gasteiger partial charge >= 0.3 is 0 Å². The minimum Gasteiger partial charge on any atom is -0.339 e. The highest BCUT2D eigenvalue weighted by Gasteiger charge is 2.25. The monoisotopic (exact) mass is 466 g/mol. The zero-order valence-corrected chi connectivity index (χ0v) is 19.4. The van der Waals surface area contributed by atoms with Crippen LogP contribution in [-0.2, 0) is 5.75 Å². The van der Waals surface area contributed by atoms with E-state index in [0.29, 0.717) is 5.92 Å². The number of carbonyl (C=O) groups is 1. The second kappa shape index (κ2) is 11.0. The summed E-state index contributed by atoms with van der Waals surface area (Å²) in [7, 11) is 0. The number of carbonyl (C=O) groups excluding carboxylic acids is 1. The fourth-order valence-corrected chi connectivity index (χ4v) is 4.50. The molecule has 3 aromatic rings. The molecule has 2 N–H and O–H groups in total. The maximum atomic E-state index is 12.7. The van der Waals surface area contributed by atoms with Gasteiger partial charge in [-0.2, -0.15) is 0 Å². The summed E-state index contributed by atoms with van der Waals surface area (Å²) in [6.45, 7) is 3.66. The fraction of sp³-hybridized carbons (Fsp3) is 0.364. The van der Waals surface area contributed by atoms with E-state index in [0.717, 1.165) is 53.5 Å². The number of piperidine rings is 1. The Hall–Kier alpha value is -1.73. The maximum Gasteiger partial charge on any atom is 0.253 e. The van der Waals surface area contributed by atoms with Crippen LogP contribution in [0.1, 0.15) is 35.8 Å². The molecule has 0 radical (unpaired) electrons. The van der Waals surface area contributed by atoms with Crippen molar-refractivity contribution in [2.45, 2.75) is 36.5 Å². The topological polar surface area (TPSA) is 63.6 Å². The summed E-state index contributed by atoms with van der Waals surface area (Å²) in [5.41, 5.74) is 8.77. The van der Waals surface area contributed by atoms with E-state index in [1.165, 1.54) is 0 Å². The van der Waals surface area contributed by atoms with Gasteiger partial charge in [-0.05, 0) is 62.1 Å². The number of halogens is 2. The molecule has 1 atom stereocenters. The molecule has 0 saturated carbocycles. The number of hydrogen-bond donors (Lipinski definition) is 1. The summed E-state index contributed by atoms with van der Waals surface area (Å²) in [6.07, 6.45) is 6.06. The van der Waals surface area contributed by atoms with Crippen molar-refractivity contribution in [2.24, 2.45) is 11.7 Å². The van der Waals surface area contributed by atoms with Crippen LogP contribution in [0.4, 0.5) is 0 Å². The van der Waals surface area contributed by atoms with E-state index in [1.807, 2.05) is 58.0 Å². The molecular formula is C22H28Cl2N4OS. The number of nitrogens with two attached hydrogens (primary N) is 1. The normalized spacial score (nSPS) is 15.3. The molecule has 8 heteroatoms. The van der Waals surface area contributed by atoms with E-state index in [4.69, 9.17) is 5.73 Å². The molecule has 0 aliphatic carbocycles. The van der Waals surface area contributed by atoms with Crippen LogP contribution < -0.4 is 5.73 Å². The van der Waals surface area contributed by atoms with Gasteiger partial charge in [0, 0.05) is 47.7 Å². The molecule has 1 aromatic carbocycles. The first-order valence-electron chi connectivity index (χ1n) is 9.80. The van der Waals surface area contributed by atoms with Crippen LogP contribution in [0, 0.1) is 5.92 Å². The predicted molar refractivity (Wildman–Crippen MR) is 128 cm³/mol. The standard InChI is InChI=1S/C22H26N4OS.2ClH/c1-16(23)17-9-12-25(13-10-17)22(27)18-5-7-20(8-6-18)28-15-19-14-26-11-3-2-4-21(26)24-19;;/h2-8,11,14,16-17H,9-10,12-13,15,23H2,1H3;2*1H. The Morgan fingerprint density at radius 1 is 1.17 bits per heavy atom. The zero-order valence-electron chi connectivity index (χ0n) is 16.9. The molecule has 5 nitrogen and oxygen atoms in total. The van der Waals surface area contributed by atoms with Crippen molar-refractivity contribution in [3.05, 3.63) is 66.1 Å². The number of thioether (sulfide) groups is 1. The van der Waals surface area contributed by atoms with Crippen LogP contribution in [0.25, 0.3) is 5.65 Å². The molecule has 30 heavy (non-hydrogen) atoms. The summed E-state index contributed by atoms with van der Waals surface area (Å²) in [4.78, 5) is 20.5. The Bertz CT molecular complexity index is 920. The van der Waals surface area contributed by atoms with Crippen LogP contribution in [-0.4, -0.2) is 39.3 Å². The molecule has 1 fully saturated rings. The molecular weight excluding hydrogens is 439 g/mol. The molecule has 0 spiro atoms. The largest absolute Gasteiger partial charge is 0.339 e. The Balaban J connectivity index is 0.00000160. The van der Waals surface area contributed by atoms with Crippen LogP contribution in [0.2, 0.25) is 0 Å². The van der Waals surface area contributed by atoms with Gasteiger partial charge in [0.25, 0.3) is 5.91 Å². The first kappa shape index (κ1) is 24.5. The lowest BCUT2D eigenvalue weighted by Crippen LogP contribution is -2.42. The Morgan fingerprint density at radius 2 is 1.87 bits per heavy atom. The summed E-state index contributed by atoms with van der Waals surface area (Å²) in [5.74, 6) is 1.46. The predicted octanol–water partition coefficient (Wildman–Crippen LogP) is 4.67. The van der Waals surface area contributed by atoms with E-state index < -0.39 is 0 Å². The Kier molecular flexibility index (Phi) is 9.04. The van der Waals surface area contributed by atoms with Crippen molar-refractivity contribution in [2.75, 3.05) is 13.1 Å². The number of amides is 1. The molecule has 1 amide bonds. The third-order valence-electron chi connectivity index (χ3n) is 5.47. The minimum atomic E-state index is 0. The fourth-order valence-electron chi connectivity index (χ4n) is 3.72. The second-order valence-corrected chi connectivity index (χ2v) is 8.55. The maximum absolute atomic E-state index is 12.7. The average molecular weight is 467 g/mol. The van der Waals surface area contributed by atoms with Gasteiger partial charge in [-0.3, -0.25) is 4.79 Å². The number of likely N-dealkylation sites (tertiary alicyclic amines) is 1. The number of rotatable bonds is 5. The Labute approximate surface area is 194 Å². The summed E-state index contributed by atoms with van der Waals surface area (Å²) in [6, 6.07) is 14.1. The van der Waals surface area contributed by atoms with E-state index in [9.17, 15) is 4.79 Å². The molecule has 0 bridgehead atoms. The first-order valence-corrected chi connectivity index (χ1v) is 10.8. The number of pyridine rings is 1. The van der Waals surface area contributed by atoms with Gasteiger partial charge in [0.1, 0.15) is 5.65 Å². The van der Waals surface area contributed by atoms with Crippen molar-refractivity contribution < 1.29 is 4.79 Å². The number of fused-ring (bicyclic) bond motifs is 1. The van der Waals surface area contributed by atoms with Crippen LogP contribution in [0.15, 0.2) is 59.8 Å². The van der Waals surface area contributed by atoms with E-state index in [2.05, 4.69) is 18.1 Å². The first-order chi connectivity index (χ1) is 13.6. The summed E-state index contributed by atoms with van der Waals surface area (Å²) >= 11 is 1.73. The van der Waals surface area contributed by atoms with Crippen LogP contribution in [0.3, 0.4) is 0 Å². The van der Waals surface area contributed by atoms with E-state index in [1.54, 1.807) is 11.8 Å². The van der Waals surface area contributed by atoms with Crippen molar-refractivity contribution >= 4 is 48.1 Å². The van der Waals surface area contributed by atoms with Crippen LogP contribution in [0.5, 0.6) is 0 Å². The average Bonchev–Trinajstić information content (AvgIpc) is 3.15. The van der Waals surface area contributed by atoms with Crippen molar-refractivity contribution in [3.63, 3.8) is 0 Å². The van der Waals surface area contributed by atoms with Gasteiger partial charge < -0.3 is 15.0 Å². The number of nitrogens with zero attached hydrogens (tertiary/aromatic N) is 3. The highest BCUT2D eigenvalue weighted by Crippen LogP contribution is 2.25. The third kappa shape index (κ3) is 5.70. The molecule has 2 aromatic heterocycles. The van der Waals surface area contributed by atoms with Gasteiger partial charge in [0.05, 0.1) is 5.69 Å². The molecule has 4 rings (SSSR count). The Morgan fingerprint density at radius 3 is 2.50 bits per heavy atom. The smallest absolute Gasteiger partial charge is 0.253 e. The number of hydrogen-bond acceptors (Lipinski definition) is 4. The van der Waals surface area contributed by atoms with Gasteiger partial charge in [-0.25, -0.2) is 4.98 Å². The van der Waals surface area contributed by atoms with Crippen molar-refractivity contribution in [1.82, 2.24) is 14.3 Å². The highest BCUT2D eigenvalue weighted by atomic mass is 35.5. The second-order valence-electron chi connectivity index (χ2n) is 7.50. The molecule has 162 valence electrons. The lowest BCUT2D eigenvalue weighted by molar-refractivity contribution is 0.0681. The lowest BCUT2D eigenvalue weighted by Gasteiger charge is -2.33. The lowest BCUT2D eigenvalue weighted by atomic mass is 9.90.